The van der Waals surface area contributed by atoms with Crippen LogP contribution < -0.4 is 0 Å². The highest BCUT2D eigenvalue weighted by atomic mass is 15.2. The van der Waals surface area contributed by atoms with Crippen LogP contribution in [0.1, 0.15) is 60.3 Å². The van der Waals surface area contributed by atoms with Crippen molar-refractivity contribution in [2.45, 2.75) is 72.4 Å². The highest BCUT2D eigenvalue weighted by Gasteiger charge is 2.17. The zero-order valence-electron chi connectivity index (χ0n) is 10.1. The van der Waals surface area contributed by atoms with Crippen molar-refractivity contribution in [1.29, 1.82) is 0 Å². The van der Waals surface area contributed by atoms with Crippen LogP contribution >= 0.6 is 0 Å². The molecule has 13 heavy (non-hydrogen) atoms. The first-order valence-electron chi connectivity index (χ1n) is 5.93. The van der Waals surface area contributed by atoms with Crippen molar-refractivity contribution in [1.82, 2.24) is 4.90 Å². The fourth-order valence-corrected chi connectivity index (χ4v) is 2.06. The SMILES string of the molecule is CCCC(CC)N(CCC)C(C)C. The summed E-state index contributed by atoms with van der Waals surface area (Å²) < 4.78 is 0. The van der Waals surface area contributed by atoms with Gasteiger partial charge in [-0.3, -0.25) is 4.90 Å². The van der Waals surface area contributed by atoms with E-state index in [1.807, 2.05) is 0 Å². The number of nitrogens with zero attached hydrogens (tertiary/aromatic N) is 1. The monoisotopic (exact) mass is 185 g/mol. The Morgan fingerprint density at radius 3 is 1.92 bits per heavy atom. The summed E-state index contributed by atoms with van der Waals surface area (Å²) in [4.78, 5) is 2.66. The lowest BCUT2D eigenvalue weighted by Gasteiger charge is -2.34. The molecule has 0 aliphatic rings. The van der Waals surface area contributed by atoms with Crippen LogP contribution in [-0.4, -0.2) is 23.5 Å². The van der Waals surface area contributed by atoms with Gasteiger partial charge in [-0.05, 0) is 39.7 Å². The minimum absolute atomic E-state index is 0.705. The van der Waals surface area contributed by atoms with Gasteiger partial charge < -0.3 is 0 Å². The van der Waals surface area contributed by atoms with Crippen molar-refractivity contribution in [2.24, 2.45) is 0 Å². The Hall–Kier alpha value is -0.0400. The maximum absolute atomic E-state index is 2.66. The summed E-state index contributed by atoms with van der Waals surface area (Å²) >= 11 is 0. The molecule has 1 heteroatoms. The van der Waals surface area contributed by atoms with Gasteiger partial charge in [-0.25, -0.2) is 0 Å². The largest absolute Gasteiger partial charge is 0.298 e. The van der Waals surface area contributed by atoms with E-state index in [0.29, 0.717) is 6.04 Å². The standard InChI is InChI=1S/C12H27N/c1-6-9-12(8-3)13(10-7-2)11(4)5/h11-12H,6-10H2,1-5H3. The van der Waals surface area contributed by atoms with Gasteiger partial charge in [-0.1, -0.05) is 27.2 Å². The van der Waals surface area contributed by atoms with Gasteiger partial charge in [0, 0.05) is 12.1 Å². The van der Waals surface area contributed by atoms with Crippen molar-refractivity contribution in [3.8, 4) is 0 Å². The van der Waals surface area contributed by atoms with Gasteiger partial charge in [0.25, 0.3) is 0 Å². The van der Waals surface area contributed by atoms with Crippen LogP contribution in [0.15, 0.2) is 0 Å². The lowest BCUT2D eigenvalue weighted by molar-refractivity contribution is 0.140. The molecule has 0 saturated carbocycles. The van der Waals surface area contributed by atoms with E-state index in [4.69, 9.17) is 0 Å². The second-order valence-electron chi connectivity index (χ2n) is 4.18. The topological polar surface area (TPSA) is 3.24 Å². The first-order valence-corrected chi connectivity index (χ1v) is 5.93. The zero-order chi connectivity index (χ0) is 10.3. The van der Waals surface area contributed by atoms with Crippen LogP contribution in [0.2, 0.25) is 0 Å². The molecule has 0 radical (unpaired) electrons. The highest BCUT2D eigenvalue weighted by Crippen LogP contribution is 2.14. The van der Waals surface area contributed by atoms with Crippen LogP contribution in [-0.2, 0) is 0 Å². The maximum Gasteiger partial charge on any atom is 0.00952 e. The molecule has 0 aliphatic carbocycles. The third-order valence-corrected chi connectivity index (χ3v) is 2.71. The molecule has 0 N–H and O–H groups in total. The normalized spacial score (nSPS) is 14.1. The van der Waals surface area contributed by atoms with Crippen molar-refractivity contribution < 1.29 is 0 Å². The van der Waals surface area contributed by atoms with Crippen LogP contribution in [0.25, 0.3) is 0 Å². The predicted molar refractivity (Wildman–Crippen MR) is 61.1 cm³/mol. The molecule has 1 atom stereocenters. The van der Waals surface area contributed by atoms with Crippen LogP contribution in [0.3, 0.4) is 0 Å². The fourth-order valence-electron chi connectivity index (χ4n) is 2.06. The predicted octanol–water partition coefficient (Wildman–Crippen LogP) is 3.69. The van der Waals surface area contributed by atoms with Gasteiger partial charge in [-0.15, -0.1) is 0 Å². The Kier molecular flexibility index (Phi) is 7.35. The Bertz CT molecular complexity index is 110. The zero-order valence-corrected chi connectivity index (χ0v) is 10.1. The van der Waals surface area contributed by atoms with E-state index < -0.39 is 0 Å². The summed E-state index contributed by atoms with van der Waals surface area (Å²) in [5.41, 5.74) is 0. The molecule has 0 heterocycles. The molecule has 1 nitrogen and oxygen atoms in total. The molecular weight excluding hydrogens is 158 g/mol. The second-order valence-corrected chi connectivity index (χ2v) is 4.18. The van der Waals surface area contributed by atoms with Crippen molar-refractivity contribution in [3.05, 3.63) is 0 Å². The van der Waals surface area contributed by atoms with Gasteiger partial charge in [0.05, 0.1) is 0 Å². The lowest BCUT2D eigenvalue weighted by Crippen LogP contribution is -2.40. The molecule has 0 amide bonds. The molecule has 80 valence electrons. The molecular formula is C12H27N. The Labute approximate surface area is 84.5 Å². The Morgan fingerprint density at radius 1 is 1.00 bits per heavy atom. The highest BCUT2D eigenvalue weighted by molar-refractivity contribution is 4.72. The lowest BCUT2D eigenvalue weighted by atomic mass is 10.1. The second kappa shape index (κ2) is 7.37. The third kappa shape index (κ3) is 4.66. The van der Waals surface area contributed by atoms with E-state index in [2.05, 4.69) is 39.5 Å². The summed E-state index contributed by atoms with van der Waals surface area (Å²) in [6.07, 6.45) is 5.24. The molecule has 0 bridgehead atoms. The molecule has 0 aromatic carbocycles. The number of hydrogen-bond acceptors (Lipinski definition) is 1. The van der Waals surface area contributed by atoms with Crippen LogP contribution in [0.5, 0.6) is 0 Å². The average molecular weight is 185 g/mol. The van der Waals surface area contributed by atoms with E-state index in [1.54, 1.807) is 0 Å². The smallest absolute Gasteiger partial charge is 0.00952 e. The molecule has 1 unspecified atom stereocenters. The van der Waals surface area contributed by atoms with E-state index >= 15 is 0 Å². The minimum atomic E-state index is 0.705. The van der Waals surface area contributed by atoms with Crippen molar-refractivity contribution in [3.63, 3.8) is 0 Å². The van der Waals surface area contributed by atoms with Crippen LogP contribution in [0.4, 0.5) is 0 Å². The van der Waals surface area contributed by atoms with Gasteiger partial charge in [-0.2, -0.15) is 0 Å². The number of hydrogen-bond donors (Lipinski definition) is 0. The first kappa shape index (κ1) is 13.0. The molecule has 0 fully saturated rings. The Balaban J connectivity index is 4.11. The van der Waals surface area contributed by atoms with Gasteiger partial charge in [0.15, 0.2) is 0 Å². The molecule has 0 aromatic heterocycles. The van der Waals surface area contributed by atoms with E-state index in [-0.39, 0.29) is 0 Å². The Morgan fingerprint density at radius 2 is 1.62 bits per heavy atom. The van der Waals surface area contributed by atoms with Crippen molar-refractivity contribution in [2.75, 3.05) is 6.54 Å². The summed E-state index contributed by atoms with van der Waals surface area (Å²) in [5, 5.41) is 0. The first-order chi connectivity index (χ1) is 6.17. The molecule has 0 rings (SSSR count). The molecule has 0 aliphatic heterocycles. The van der Waals surface area contributed by atoms with Crippen LogP contribution in [0, 0.1) is 0 Å². The van der Waals surface area contributed by atoms with Crippen molar-refractivity contribution >= 4 is 0 Å². The summed E-state index contributed by atoms with van der Waals surface area (Å²) in [6.45, 7) is 12.8. The molecule has 0 saturated heterocycles. The van der Waals surface area contributed by atoms with Gasteiger partial charge >= 0.3 is 0 Å². The quantitative estimate of drug-likeness (QED) is 0.585. The van der Waals surface area contributed by atoms with E-state index in [0.717, 1.165) is 6.04 Å². The maximum atomic E-state index is 2.66. The minimum Gasteiger partial charge on any atom is -0.298 e. The van der Waals surface area contributed by atoms with Gasteiger partial charge in [0.1, 0.15) is 0 Å². The van der Waals surface area contributed by atoms with Gasteiger partial charge in [0.2, 0.25) is 0 Å². The third-order valence-electron chi connectivity index (χ3n) is 2.71. The average Bonchev–Trinajstić information content (AvgIpc) is 2.10. The molecule has 0 aromatic rings. The summed E-state index contributed by atoms with van der Waals surface area (Å²) in [7, 11) is 0. The van der Waals surface area contributed by atoms with E-state index in [1.165, 1.54) is 32.2 Å². The summed E-state index contributed by atoms with van der Waals surface area (Å²) in [5.74, 6) is 0. The van der Waals surface area contributed by atoms with E-state index in [9.17, 15) is 0 Å². The number of rotatable bonds is 7. The fraction of sp³-hybridized carbons (Fsp3) is 1.00. The summed E-state index contributed by atoms with van der Waals surface area (Å²) in [6, 6.07) is 1.52. The molecule has 0 spiro atoms.